The Balaban J connectivity index is 3.01. The van der Waals surface area contributed by atoms with Crippen LogP contribution in [0.15, 0.2) is 12.1 Å². The summed E-state index contributed by atoms with van der Waals surface area (Å²) in [6, 6.07) is 2.98. The van der Waals surface area contributed by atoms with E-state index in [9.17, 15) is 9.59 Å². The number of hydrogen-bond donors (Lipinski definition) is 4. The summed E-state index contributed by atoms with van der Waals surface area (Å²) in [5.41, 5.74) is 6.20. The predicted molar refractivity (Wildman–Crippen MR) is 67.8 cm³/mol. The molecule has 1 rings (SSSR count). The average molecular weight is 272 g/mol. The molecular formula is C10H14ClN5O2. The smallest absolute Gasteiger partial charge is 0.272 e. The van der Waals surface area contributed by atoms with E-state index in [1.165, 1.54) is 26.0 Å². The molecule has 7 nitrogen and oxygen atoms in total. The third-order valence-electron chi connectivity index (χ3n) is 2.25. The van der Waals surface area contributed by atoms with Crippen LogP contribution in [-0.4, -0.2) is 22.3 Å². The molecule has 18 heavy (non-hydrogen) atoms. The van der Waals surface area contributed by atoms with E-state index in [-0.39, 0.29) is 16.5 Å². The fraction of sp³-hybridized carbons (Fsp3) is 0.300. The van der Waals surface area contributed by atoms with Crippen LogP contribution in [0.25, 0.3) is 0 Å². The highest BCUT2D eigenvalue weighted by molar-refractivity contribution is 6.33. The zero-order valence-electron chi connectivity index (χ0n) is 9.95. The molecule has 2 amide bonds. The molecule has 0 radical (unpaired) electrons. The number of pyridine rings is 1. The van der Waals surface area contributed by atoms with Crippen LogP contribution in [0.4, 0.5) is 5.82 Å². The lowest BCUT2D eigenvalue weighted by molar-refractivity contribution is -0.122. The second-order valence-corrected chi connectivity index (χ2v) is 4.52. The number of nitrogens with two attached hydrogens (primary N) is 2. The Hall–Kier alpha value is -1.86. The number of nitrogens with one attached hydrogen (secondary N) is 2. The Kier molecular flexibility index (Phi) is 4.10. The number of hydrogen-bond acceptors (Lipinski definition) is 5. The van der Waals surface area contributed by atoms with E-state index in [4.69, 9.17) is 23.2 Å². The zero-order chi connectivity index (χ0) is 13.9. The van der Waals surface area contributed by atoms with E-state index in [1.54, 1.807) is 0 Å². The molecule has 1 aromatic heterocycles. The molecule has 0 saturated carbocycles. The van der Waals surface area contributed by atoms with Gasteiger partial charge in [0, 0.05) is 0 Å². The first-order valence-corrected chi connectivity index (χ1v) is 5.41. The number of nitrogen functional groups attached to an aromatic ring is 1. The molecule has 0 saturated heterocycles. The van der Waals surface area contributed by atoms with Crippen molar-refractivity contribution in [1.29, 1.82) is 0 Å². The van der Waals surface area contributed by atoms with Crippen LogP contribution in [0.2, 0.25) is 5.02 Å². The Morgan fingerprint density at radius 3 is 2.50 bits per heavy atom. The third kappa shape index (κ3) is 3.08. The van der Waals surface area contributed by atoms with Crippen molar-refractivity contribution in [2.24, 2.45) is 11.6 Å². The molecule has 0 aliphatic rings. The second-order valence-electron chi connectivity index (χ2n) is 4.11. The first-order chi connectivity index (χ1) is 8.27. The van der Waals surface area contributed by atoms with Gasteiger partial charge in [-0.05, 0) is 26.0 Å². The Bertz CT molecular complexity index is 489. The van der Waals surface area contributed by atoms with E-state index in [0.29, 0.717) is 0 Å². The third-order valence-corrected chi connectivity index (χ3v) is 2.56. The van der Waals surface area contributed by atoms with Crippen molar-refractivity contribution < 1.29 is 9.59 Å². The summed E-state index contributed by atoms with van der Waals surface area (Å²) in [6.45, 7) is 2.96. The van der Waals surface area contributed by atoms with Gasteiger partial charge >= 0.3 is 0 Å². The van der Waals surface area contributed by atoms with Crippen molar-refractivity contribution >= 4 is 29.2 Å². The van der Waals surface area contributed by atoms with Crippen molar-refractivity contribution in [3.05, 3.63) is 22.8 Å². The highest BCUT2D eigenvalue weighted by atomic mass is 35.5. The molecule has 0 aliphatic heterocycles. The highest BCUT2D eigenvalue weighted by Gasteiger charge is 2.28. The van der Waals surface area contributed by atoms with Crippen molar-refractivity contribution in [3.8, 4) is 0 Å². The van der Waals surface area contributed by atoms with E-state index >= 15 is 0 Å². The van der Waals surface area contributed by atoms with Crippen molar-refractivity contribution in [2.75, 3.05) is 5.43 Å². The Morgan fingerprint density at radius 1 is 1.39 bits per heavy atom. The van der Waals surface area contributed by atoms with Crippen LogP contribution in [0.3, 0.4) is 0 Å². The molecule has 0 spiro atoms. The van der Waals surface area contributed by atoms with Gasteiger partial charge in [0.2, 0.25) is 5.91 Å². The summed E-state index contributed by atoms with van der Waals surface area (Å²) in [6.07, 6.45) is 0. The minimum Gasteiger partial charge on any atom is -0.368 e. The van der Waals surface area contributed by atoms with Crippen molar-refractivity contribution in [3.63, 3.8) is 0 Å². The van der Waals surface area contributed by atoms with Gasteiger partial charge in [-0.3, -0.25) is 9.59 Å². The first-order valence-electron chi connectivity index (χ1n) is 5.03. The van der Waals surface area contributed by atoms with Gasteiger partial charge in [-0.25, -0.2) is 10.8 Å². The number of carbonyl (C=O) groups is 2. The molecule has 6 N–H and O–H groups in total. The fourth-order valence-electron chi connectivity index (χ4n) is 1.09. The normalized spacial score (nSPS) is 10.9. The van der Waals surface area contributed by atoms with Crippen molar-refractivity contribution in [1.82, 2.24) is 10.3 Å². The lowest BCUT2D eigenvalue weighted by Gasteiger charge is -2.22. The summed E-state index contributed by atoms with van der Waals surface area (Å²) in [4.78, 5) is 26.9. The van der Waals surface area contributed by atoms with Gasteiger partial charge in [0.05, 0.1) is 5.02 Å². The second kappa shape index (κ2) is 5.19. The minimum atomic E-state index is -1.20. The number of rotatable bonds is 4. The van der Waals surface area contributed by atoms with E-state index < -0.39 is 17.4 Å². The monoisotopic (exact) mass is 271 g/mol. The number of halogens is 1. The zero-order valence-corrected chi connectivity index (χ0v) is 10.7. The van der Waals surface area contributed by atoms with Crippen LogP contribution in [-0.2, 0) is 4.79 Å². The van der Waals surface area contributed by atoms with Crippen LogP contribution in [0, 0.1) is 0 Å². The molecule has 0 unspecified atom stereocenters. The van der Waals surface area contributed by atoms with E-state index in [0.717, 1.165) is 0 Å². The quantitative estimate of drug-likeness (QED) is 0.454. The molecule has 0 bridgehead atoms. The molecule has 0 fully saturated rings. The number of hydrazine groups is 1. The van der Waals surface area contributed by atoms with Gasteiger partial charge < -0.3 is 16.5 Å². The molecular weight excluding hydrogens is 258 g/mol. The number of carbonyl (C=O) groups excluding carboxylic acids is 2. The molecule has 8 heteroatoms. The molecule has 0 aromatic carbocycles. The summed E-state index contributed by atoms with van der Waals surface area (Å²) < 4.78 is 0. The Morgan fingerprint density at radius 2 is 2.00 bits per heavy atom. The maximum atomic E-state index is 11.9. The van der Waals surface area contributed by atoms with Gasteiger partial charge in [-0.1, -0.05) is 11.6 Å². The first kappa shape index (κ1) is 14.2. The highest BCUT2D eigenvalue weighted by Crippen LogP contribution is 2.17. The SMILES string of the molecule is CC(C)(NC(=O)c1nc(NN)ccc1Cl)C(N)=O. The largest absolute Gasteiger partial charge is 0.368 e. The average Bonchev–Trinajstić information content (AvgIpc) is 2.28. The van der Waals surface area contributed by atoms with Crippen LogP contribution >= 0.6 is 11.6 Å². The summed E-state index contributed by atoms with van der Waals surface area (Å²) in [5.74, 6) is 4.19. The summed E-state index contributed by atoms with van der Waals surface area (Å²) in [7, 11) is 0. The Labute approximate surface area is 109 Å². The van der Waals surface area contributed by atoms with Gasteiger partial charge in [0.15, 0.2) is 0 Å². The molecule has 98 valence electrons. The maximum Gasteiger partial charge on any atom is 0.272 e. The number of nitrogens with zero attached hydrogens (tertiary/aromatic N) is 1. The molecule has 0 aliphatic carbocycles. The number of amides is 2. The lowest BCUT2D eigenvalue weighted by atomic mass is 10.1. The standard InChI is InChI=1S/C10H14ClN5O2/c1-10(2,9(12)18)15-8(17)7-5(11)3-4-6(14-7)16-13/h3-4H,13H2,1-2H3,(H2,12,18)(H,14,16)(H,15,17). The number of primary amides is 1. The van der Waals surface area contributed by atoms with Crippen LogP contribution in [0.5, 0.6) is 0 Å². The van der Waals surface area contributed by atoms with Gasteiger partial charge in [-0.15, -0.1) is 0 Å². The fourth-order valence-corrected chi connectivity index (χ4v) is 1.28. The minimum absolute atomic E-state index is 0.0403. The topological polar surface area (TPSA) is 123 Å². The lowest BCUT2D eigenvalue weighted by Crippen LogP contribution is -2.53. The van der Waals surface area contributed by atoms with Gasteiger partial charge in [0.25, 0.3) is 5.91 Å². The number of anilines is 1. The van der Waals surface area contributed by atoms with Crippen LogP contribution in [0.1, 0.15) is 24.3 Å². The van der Waals surface area contributed by atoms with E-state index in [1.807, 2.05) is 0 Å². The van der Waals surface area contributed by atoms with Gasteiger partial charge in [-0.2, -0.15) is 0 Å². The summed E-state index contributed by atoms with van der Waals surface area (Å²) in [5, 5.41) is 2.58. The van der Waals surface area contributed by atoms with Crippen LogP contribution < -0.4 is 22.3 Å². The molecule has 0 atom stereocenters. The summed E-state index contributed by atoms with van der Waals surface area (Å²) >= 11 is 5.85. The molecule has 1 aromatic rings. The molecule has 1 heterocycles. The van der Waals surface area contributed by atoms with Gasteiger partial charge in [0.1, 0.15) is 17.1 Å². The maximum absolute atomic E-state index is 11.9. The van der Waals surface area contributed by atoms with E-state index in [2.05, 4.69) is 15.7 Å². The predicted octanol–water partition coefficient (Wildman–Crippen LogP) is 0.0143. The van der Waals surface area contributed by atoms with Crippen molar-refractivity contribution in [2.45, 2.75) is 19.4 Å². The number of aromatic nitrogens is 1.